The van der Waals surface area contributed by atoms with E-state index in [-0.39, 0.29) is 5.91 Å². The molecule has 0 saturated carbocycles. The molecule has 2 atom stereocenters. The second-order valence-electron chi connectivity index (χ2n) is 4.56. The van der Waals surface area contributed by atoms with E-state index >= 15 is 0 Å². The fraction of sp³-hybridized carbons (Fsp3) is 0.909. The van der Waals surface area contributed by atoms with Crippen molar-refractivity contribution in [2.45, 2.75) is 58.0 Å². The number of carbonyl (C=O) groups excluding carboxylic acids is 1. The molecule has 0 aromatic carbocycles. The van der Waals surface area contributed by atoms with Crippen molar-refractivity contribution in [2.75, 3.05) is 6.54 Å². The lowest BCUT2D eigenvalue weighted by Gasteiger charge is -2.32. The van der Waals surface area contributed by atoms with Gasteiger partial charge in [-0.2, -0.15) is 0 Å². The SMILES string of the molecule is CC1CCCCCN1C(C)CC(=O)NN. The highest BCUT2D eigenvalue weighted by atomic mass is 16.2. The summed E-state index contributed by atoms with van der Waals surface area (Å²) in [5.74, 6) is 5.03. The summed E-state index contributed by atoms with van der Waals surface area (Å²) in [7, 11) is 0. The van der Waals surface area contributed by atoms with E-state index < -0.39 is 0 Å². The van der Waals surface area contributed by atoms with Gasteiger partial charge in [0.05, 0.1) is 0 Å². The molecule has 1 aliphatic rings. The number of likely N-dealkylation sites (tertiary alicyclic amines) is 1. The van der Waals surface area contributed by atoms with Gasteiger partial charge in [0.25, 0.3) is 0 Å². The minimum Gasteiger partial charge on any atom is -0.297 e. The second-order valence-corrected chi connectivity index (χ2v) is 4.56. The third kappa shape index (κ3) is 3.80. The van der Waals surface area contributed by atoms with E-state index in [4.69, 9.17) is 5.84 Å². The van der Waals surface area contributed by atoms with Gasteiger partial charge in [0.15, 0.2) is 0 Å². The molecule has 1 rings (SSSR count). The van der Waals surface area contributed by atoms with Gasteiger partial charge < -0.3 is 0 Å². The molecule has 4 nitrogen and oxygen atoms in total. The lowest BCUT2D eigenvalue weighted by atomic mass is 10.1. The molecule has 0 bridgehead atoms. The fourth-order valence-corrected chi connectivity index (χ4v) is 2.40. The van der Waals surface area contributed by atoms with E-state index in [1.54, 1.807) is 0 Å². The van der Waals surface area contributed by atoms with Gasteiger partial charge in [-0.3, -0.25) is 15.1 Å². The number of hydrogen-bond donors (Lipinski definition) is 2. The van der Waals surface area contributed by atoms with Crippen molar-refractivity contribution < 1.29 is 4.79 Å². The Kier molecular flexibility index (Phi) is 5.05. The number of carbonyl (C=O) groups is 1. The van der Waals surface area contributed by atoms with Crippen molar-refractivity contribution >= 4 is 5.91 Å². The van der Waals surface area contributed by atoms with Gasteiger partial charge in [0.1, 0.15) is 0 Å². The molecule has 3 N–H and O–H groups in total. The molecule has 15 heavy (non-hydrogen) atoms. The fourth-order valence-electron chi connectivity index (χ4n) is 2.40. The quantitative estimate of drug-likeness (QED) is 0.418. The van der Waals surface area contributed by atoms with Crippen molar-refractivity contribution in [1.82, 2.24) is 10.3 Å². The maximum atomic E-state index is 11.2. The first kappa shape index (κ1) is 12.5. The van der Waals surface area contributed by atoms with Gasteiger partial charge in [-0.15, -0.1) is 0 Å². The first-order valence-electron chi connectivity index (χ1n) is 5.90. The molecule has 1 fully saturated rings. The van der Waals surface area contributed by atoms with E-state index in [2.05, 4.69) is 24.2 Å². The Balaban J connectivity index is 2.47. The normalized spacial score (nSPS) is 25.7. The summed E-state index contributed by atoms with van der Waals surface area (Å²) >= 11 is 0. The molecule has 0 aliphatic carbocycles. The Hall–Kier alpha value is -0.610. The molecule has 1 saturated heterocycles. The van der Waals surface area contributed by atoms with E-state index in [0.717, 1.165) is 6.54 Å². The van der Waals surface area contributed by atoms with E-state index in [1.165, 1.54) is 25.7 Å². The number of amides is 1. The molecule has 0 spiro atoms. The largest absolute Gasteiger partial charge is 0.297 e. The molecular formula is C11H23N3O. The third-order valence-corrected chi connectivity index (χ3v) is 3.31. The van der Waals surface area contributed by atoms with Crippen LogP contribution in [0.4, 0.5) is 0 Å². The van der Waals surface area contributed by atoms with Crippen LogP contribution in [0.2, 0.25) is 0 Å². The number of hydrogen-bond acceptors (Lipinski definition) is 3. The molecule has 0 radical (unpaired) electrons. The Morgan fingerprint density at radius 1 is 1.53 bits per heavy atom. The zero-order chi connectivity index (χ0) is 11.3. The number of rotatable bonds is 3. The predicted octanol–water partition coefficient (Wildman–Crippen LogP) is 1.02. The smallest absolute Gasteiger partial charge is 0.235 e. The van der Waals surface area contributed by atoms with E-state index in [9.17, 15) is 4.79 Å². The van der Waals surface area contributed by atoms with E-state index in [0.29, 0.717) is 18.5 Å². The maximum absolute atomic E-state index is 11.2. The van der Waals surface area contributed by atoms with Crippen LogP contribution in [0.15, 0.2) is 0 Å². The van der Waals surface area contributed by atoms with Crippen LogP contribution >= 0.6 is 0 Å². The van der Waals surface area contributed by atoms with Crippen LogP contribution in [0.3, 0.4) is 0 Å². The highest BCUT2D eigenvalue weighted by Crippen LogP contribution is 2.19. The summed E-state index contributed by atoms with van der Waals surface area (Å²) in [5.41, 5.74) is 2.20. The molecule has 0 aromatic rings. The maximum Gasteiger partial charge on any atom is 0.235 e. The molecule has 1 heterocycles. The van der Waals surface area contributed by atoms with Gasteiger partial charge in [-0.25, -0.2) is 5.84 Å². The second kappa shape index (κ2) is 6.08. The zero-order valence-electron chi connectivity index (χ0n) is 9.83. The van der Waals surface area contributed by atoms with Gasteiger partial charge in [-0.05, 0) is 33.2 Å². The Bertz CT molecular complexity index is 208. The van der Waals surface area contributed by atoms with Crippen LogP contribution in [-0.4, -0.2) is 29.4 Å². The van der Waals surface area contributed by atoms with Crippen molar-refractivity contribution in [3.8, 4) is 0 Å². The van der Waals surface area contributed by atoms with Crippen LogP contribution in [0, 0.1) is 0 Å². The number of nitrogens with one attached hydrogen (secondary N) is 1. The number of hydrazine groups is 1. The summed E-state index contributed by atoms with van der Waals surface area (Å²) in [4.78, 5) is 13.6. The van der Waals surface area contributed by atoms with Crippen LogP contribution in [-0.2, 0) is 4.79 Å². The Morgan fingerprint density at radius 3 is 2.93 bits per heavy atom. The van der Waals surface area contributed by atoms with Crippen LogP contribution < -0.4 is 11.3 Å². The summed E-state index contributed by atoms with van der Waals surface area (Å²) in [5, 5.41) is 0. The summed E-state index contributed by atoms with van der Waals surface area (Å²) < 4.78 is 0. The molecule has 1 aliphatic heterocycles. The molecule has 88 valence electrons. The van der Waals surface area contributed by atoms with Gasteiger partial charge in [0, 0.05) is 18.5 Å². The first-order chi connectivity index (χ1) is 7.15. The van der Waals surface area contributed by atoms with Gasteiger partial charge >= 0.3 is 0 Å². The standard InChI is InChI=1S/C11H23N3O/c1-9-6-4-3-5-7-14(9)10(2)8-11(15)13-12/h9-10H,3-8,12H2,1-2H3,(H,13,15). The average molecular weight is 213 g/mol. The number of nitrogens with zero attached hydrogens (tertiary/aromatic N) is 1. The monoisotopic (exact) mass is 213 g/mol. The van der Waals surface area contributed by atoms with Crippen molar-refractivity contribution in [1.29, 1.82) is 0 Å². The summed E-state index contributed by atoms with van der Waals surface area (Å²) in [6, 6.07) is 0.884. The summed E-state index contributed by atoms with van der Waals surface area (Å²) in [6.07, 6.45) is 5.62. The highest BCUT2D eigenvalue weighted by molar-refractivity contribution is 5.75. The Labute approximate surface area is 92.2 Å². The van der Waals surface area contributed by atoms with Crippen LogP contribution in [0.1, 0.15) is 46.0 Å². The van der Waals surface area contributed by atoms with Crippen molar-refractivity contribution in [3.63, 3.8) is 0 Å². The van der Waals surface area contributed by atoms with Crippen LogP contribution in [0.25, 0.3) is 0 Å². The average Bonchev–Trinajstić information content (AvgIpc) is 2.42. The molecular weight excluding hydrogens is 190 g/mol. The summed E-state index contributed by atoms with van der Waals surface area (Å²) in [6.45, 7) is 5.47. The van der Waals surface area contributed by atoms with Crippen molar-refractivity contribution in [2.24, 2.45) is 5.84 Å². The van der Waals surface area contributed by atoms with Gasteiger partial charge in [-0.1, -0.05) is 12.8 Å². The topological polar surface area (TPSA) is 58.4 Å². The first-order valence-corrected chi connectivity index (χ1v) is 5.90. The van der Waals surface area contributed by atoms with Crippen LogP contribution in [0.5, 0.6) is 0 Å². The minimum absolute atomic E-state index is 0.0704. The molecule has 2 unspecified atom stereocenters. The number of nitrogens with two attached hydrogens (primary N) is 1. The molecule has 4 heteroatoms. The molecule has 1 amide bonds. The third-order valence-electron chi connectivity index (χ3n) is 3.31. The highest BCUT2D eigenvalue weighted by Gasteiger charge is 2.23. The predicted molar refractivity (Wildman–Crippen MR) is 61.0 cm³/mol. The zero-order valence-corrected chi connectivity index (χ0v) is 9.83. The Morgan fingerprint density at radius 2 is 2.27 bits per heavy atom. The van der Waals surface area contributed by atoms with Crippen molar-refractivity contribution in [3.05, 3.63) is 0 Å². The van der Waals surface area contributed by atoms with E-state index in [1.807, 2.05) is 0 Å². The lowest BCUT2D eigenvalue weighted by Crippen LogP contribution is -2.43. The lowest BCUT2D eigenvalue weighted by molar-refractivity contribution is -0.122. The minimum atomic E-state index is -0.0704. The molecule has 0 aromatic heterocycles. The van der Waals surface area contributed by atoms with Gasteiger partial charge in [0.2, 0.25) is 5.91 Å².